The number of rotatable bonds is 4. The number of para-hydroxylation sites is 1. The smallest absolute Gasteiger partial charge is 0.165 e. The van der Waals surface area contributed by atoms with Crippen LogP contribution in [0.25, 0.3) is 0 Å². The molecule has 0 radical (unpaired) electrons. The van der Waals surface area contributed by atoms with E-state index >= 15 is 0 Å². The van der Waals surface area contributed by atoms with Crippen molar-refractivity contribution in [1.82, 2.24) is 0 Å². The molecule has 0 atom stereocenters. The van der Waals surface area contributed by atoms with Crippen LogP contribution < -0.4 is 4.74 Å². The molecule has 0 N–H and O–H groups in total. The largest absolute Gasteiger partial charge is 0.485 e. The van der Waals surface area contributed by atoms with E-state index in [1.165, 1.54) is 18.2 Å². The summed E-state index contributed by atoms with van der Waals surface area (Å²) in [7, 11) is 0. The summed E-state index contributed by atoms with van der Waals surface area (Å²) in [6.07, 6.45) is 0. The number of alkyl halides is 1. The minimum atomic E-state index is -0.462. The Balaban J connectivity index is 2.19. The summed E-state index contributed by atoms with van der Waals surface area (Å²) in [5.74, 6) is -0.509. The topological polar surface area (TPSA) is 9.23 Å². The van der Waals surface area contributed by atoms with Crippen LogP contribution in [0.2, 0.25) is 0 Å². The van der Waals surface area contributed by atoms with Crippen LogP contribution in [0.5, 0.6) is 5.75 Å². The molecule has 2 aromatic rings. The Labute approximate surface area is 123 Å². The average molecular weight is 348 g/mol. The normalized spacial score (nSPS) is 10.5. The molecule has 0 aliphatic rings. The quantitative estimate of drug-likeness (QED) is 0.704. The van der Waals surface area contributed by atoms with Crippen molar-refractivity contribution in [1.29, 1.82) is 0 Å². The molecule has 0 amide bonds. The first-order chi connectivity index (χ1) is 9.11. The number of halogens is 4. The summed E-state index contributed by atoms with van der Waals surface area (Å²) in [5, 5.41) is 0. The lowest BCUT2D eigenvalue weighted by Crippen LogP contribution is -2.01. The van der Waals surface area contributed by atoms with E-state index in [2.05, 4.69) is 15.9 Å². The zero-order valence-corrected chi connectivity index (χ0v) is 12.1. The Morgan fingerprint density at radius 3 is 2.58 bits per heavy atom. The molecule has 0 heterocycles. The maximum atomic E-state index is 13.6. The third-order valence-corrected chi connectivity index (χ3v) is 3.61. The van der Waals surface area contributed by atoms with Crippen LogP contribution in [0.15, 0.2) is 40.9 Å². The predicted molar refractivity (Wildman–Crippen MR) is 74.4 cm³/mol. The number of hydrogen-bond donors (Lipinski definition) is 0. The maximum Gasteiger partial charge on any atom is 0.165 e. The molecule has 0 bridgehead atoms. The fourth-order valence-electron chi connectivity index (χ4n) is 1.61. The highest BCUT2D eigenvalue weighted by Gasteiger charge is 2.10. The number of ether oxygens (including phenoxy) is 1. The Kier molecular flexibility index (Phi) is 4.77. The Bertz CT molecular complexity index is 590. The molecule has 100 valence electrons. The lowest BCUT2D eigenvalue weighted by molar-refractivity contribution is 0.287. The van der Waals surface area contributed by atoms with Gasteiger partial charge in [0.15, 0.2) is 11.6 Å². The van der Waals surface area contributed by atoms with E-state index in [0.717, 1.165) is 5.56 Å². The van der Waals surface area contributed by atoms with Gasteiger partial charge in [-0.15, -0.1) is 11.6 Å². The van der Waals surface area contributed by atoms with Gasteiger partial charge < -0.3 is 4.74 Å². The fraction of sp³-hybridized carbons (Fsp3) is 0.143. The van der Waals surface area contributed by atoms with Crippen LogP contribution in [-0.4, -0.2) is 0 Å². The summed E-state index contributed by atoms with van der Waals surface area (Å²) < 4.78 is 32.6. The Morgan fingerprint density at radius 2 is 1.89 bits per heavy atom. The Morgan fingerprint density at radius 1 is 1.11 bits per heavy atom. The second-order valence-corrected chi connectivity index (χ2v) is 5.01. The third kappa shape index (κ3) is 3.45. The van der Waals surface area contributed by atoms with Crippen molar-refractivity contribution in [3.05, 3.63) is 63.6 Å². The standard InChI is InChI=1S/C14H10BrClF2O/c15-12-6-11(17)5-4-10(12)8-19-14-9(7-16)2-1-3-13(14)18/h1-6H,7-8H2. The van der Waals surface area contributed by atoms with Crippen LogP contribution in [-0.2, 0) is 12.5 Å². The highest BCUT2D eigenvalue weighted by atomic mass is 79.9. The van der Waals surface area contributed by atoms with E-state index in [-0.39, 0.29) is 24.1 Å². The summed E-state index contributed by atoms with van der Waals surface area (Å²) in [5.41, 5.74) is 1.31. The first kappa shape index (κ1) is 14.3. The molecule has 19 heavy (non-hydrogen) atoms. The molecule has 0 spiro atoms. The van der Waals surface area contributed by atoms with Gasteiger partial charge >= 0.3 is 0 Å². The van der Waals surface area contributed by atoms with Crippen molar-refractivity contribution in [3.8, 4) is 5.75 Å². The van der Waals surface area contributed by atoms with E-state index in [0.29, 0.717) is 10.0 Å². The lowest BCUT2D eigenvalue weighted by atomic mass is 10.2. The average Bonchev–Trinajstić information content (AvgIpc) is 2.39. The fourth-order valence-corrected chi connectivity index (χ4v) is 2.28. The molecule has 0 fully saturated rings. The summed E-state index contributed by atoms with van der Waals surface area (Å²) in [6.45, 7) is 0.131. The van der Waals surface area contributed by atoms with E-state index in [1.807, 2.05) is 0 Å². The molecule has 2 aromatic carbocycles. The van der Waals surface area contributed by atoms with E-state index in [4.69, 9.17) is 16.3 Å². The van der Waals surface area contributed by atoms with Crippen LogP contribution in [0.3, 0.4) is 0 Å². The number of hydrogen-bond acceptors (Lipinski definition) is 1. The van der Waals surface area contributed by atoms with Crippen LogP contribution in [0.4, 0.5) is 8.78 Å². The van der Waals surface area contributed by atoms with Crippen molar-refractivity contribution in [2.75, 3.05) is 0 Å². The molecular weight excluding hydrogens is 338 g/mol. The monoisotopic (exact) mass is 346 g/mol. The summed E-state index contributed by atoms with van der Waals surface area (Å²) >= 11 is 8.97. The van der Waals surface area contributed by atoms with Gasteiger partial charge in [-0.3, -0.25) is 0 Å². The zero-order chi connectivity index (χ0) is 13.8. The molecular formula is C14H10BrClF2O. The predicted octanol–water partition coefficient (Wildman–Crippen LogP) is 5.05. The van der Waals surface area contributed by atoms with Gasteiger partial charge in [-0.2, -0.15) is 0 Å². The van der Waals surface area contributed by atoms with Crippen LogP contribution in [0.1, 0.15) is 11.1 Å². The SMILES string of the molecule is Fc1ccc(COc2c(F)cccc2CCl)c(Br)c1. The summed E-state index contributed by atoms with van der Waals surface area (Å²) in [4.78, 5) is 0. The van der Waals surface area contributed by atoms with Crippen LogP contribution >= 0.6 is 27.5 Å². The van der Waals surface area contributed by atoms with Gasteiger partial charge in [0.2, 0.25) is 0 Å². The van der Waals surface area contributed by atoms with E-state index < -0.39 is 5.82 Å². The van der Waals surface area contributed by atoms with Gasteiger partial charge in [-0.1, -0.05) is 34.1 Å². The molecule has 1 nitrogen and oxygen atoms in total. The lowest BCUT2D eigenvalue weighted by Gasteiger charge is -2.12. The second-order valence-electron chi connectivity index (χ2n) is 3.89. The molecule has 0 aromatic heterocycles. The zero-order valence-electron chi connectivity index (χ0n) is 9.80. The van der Waals surface area contributed by atoms with Crippen molar-refractivity contribution in [2.24, 2.45) is 0 Å². The van der Waals surface area contributed by atoms with Crippen LogP contribution in [0, 0.1) is 11.6 Å². The summed E-state index contributed by atoms with van der Waals surface area (Å²) in [6, 6.07) is 8.83. The third-order valence-electron chi connectivity index (χ3n) is 2.58. The van der Waals surface area contributed by atoms with Crippen molar-refractivity contribution in [3.63, 3.8) is 0 Å². The van der Waals surface area contributed by atoms with Gasteiger partial charge in [0.05, 0.1) is 5.88 Å². The first-order valence-electron chi connectivity index (χ1n) is 5.52. The highest BCUT2D eigenvalue weighted by molar-refractivity contribution is 9.10. The van der Waals surface area contributed by atoms with E-state index in [9.17, 15) is 8.78 Å². The minimum absolute atomic E-state index is 0.131. The van der Waals surface area contributed by atoms with Gasteiger partial charge in [0, 0.05) is 15.6 Å². The molecule has 2 rings (SSSR count). The van der Waals surface area contributed by atoms with Gasteiger partial charge in [-0.05, 0) is 18.2 Å². The molecule has 0 saturated carbocycles. The van der Waals surface area contributed by atoms with Crippen molar-refractivity contribution < 1.29 is 13.5 Å². The molecule has 0 saturated heterocycles. The van der Waals surface area contributed by atoms with Crippen molar-refractivity contribution in [2.45, 2.75) is 12.5 Å². The number of benzene rings is 2. The minimum Gasteiger partial charge on any atom is -0.485 e. The molecule has 5 heteroatoms. The first-order valence-corrected chi connectivity index (χ1v) is 6.84. The van der Waals surface area contributed by atoms with Gasteiger partial charge in [-0.25, -0.2) is 8.78 Å². The van der Waals surface area contributed by atoms with E-state index in [1.54, 1.807) is 18.2 Å². The molecule has 0 unspecified atom stereocenters. The maximum absolute atomic E-state index is 13.6. The Hall–Kier alpha value is -1.13. The van der Waals surface area contributed by atoms with Crippen molar-refractivity contribution >= 4 is 27.5 Å². The molecule has 0 aliphatic carbocycles. The molecule has 0 aliphatic heterocycles. The second kappa shape index (κ2) is 6.35. The van der Waals surface area contributed by atoms with Gasteiger partial charge in [0.1, 0.15) is 12.4 Å². The highest BCUT2D eigenvalue weighted by Crippen LogP contribution is 2.26. The van der Waals surface area contributed by atoms with Gasteiger partial charge in [0.25, 0.3) is 0 Å².